The first-order valence-electron chi connectivity index (χ1n) is 6.31. The Labute approximate surface area is 121 Å². The van der Waals surface area contributed by atoms with E-state index in [0.717, 1.165) is 0 Å². The second kappa shape index (κ2) is 7.17. The van der Waals surface area contributed by atoms with Crippen molar-refractivity contribution in [3.05, 3.63) is 59.7 Å². The van der Waals surface area contributed by atoms with Crippen LogP contribution in [0.25, 0.3) is 0 Å². The molecule has 0 bridgehead atoms. The lowest BCUT2D eigenvalue weighted by Crippen LogP contribution is -2.12. The molecule has 1 aromatic carbocycles. The lowest BCUT2D eigenvalue weighted by molar-refractivity contribution is 0.102. The molecule has 0 aliphatic heterocycles. The molecular weight excluding hydrogens is 271 g/mol. The number of nitrogens with one attached hydrogen (secondary N) is 1. The Morgan fingerprint density at radius 2 is 2.24 bits per heavy atom. The van der Waals surface area contributed by atoms with Gasteiger partial charge >= 0.3 is 0 Å². The fraction of sp³-hybridized carbons (Fsp3) is 0.125. The van der Waals surface area contributed by atoms with Gasteiger partial charge in [-0.15, -0.1) is 0 Å². The lowest BCUT2D eigenvalue weighted by Gasteiger charge is -2.06. The van der Waals surface area contributed by atoms with Crippen LogP contribution in [-0.4, -0.2) is 22.6 Å². The van der Waals surface area contributed by atoms with E-state index in [9.17, 15) is 9.18 Å². The topological polar surface area (TPSA) is 62.2 Å². The average molecular weight is 284 g/mol. The monoisotopic (exact) mass is 284 g/mol. The van der Waals surface area contributed by atoms with Crippen LogP contribution < -0.4 is 5.32 Å². The fourth-order valence-electron chi connectivity index (χ4n) is 1.61. The number of carbonyl (C=O) groups excluding carboxylic acids is 1. The number of rotatable bonds is 3. The molecule has 0 aliphatic carbocycles. The first-order chi connectivity index (χ1) is 10.2. The molecule has 21 heavy (non-hydrogen) atoms. The molecule has 2 N–H and O–H groups in total. The molecule has 106 valence electrons. The minimum Gasteiger partial charge on any atom is -0.395 e. The number of hydrogen-bond donors (Lipinski definition) is 2. The van der Waals surface area contributed by atoms with Crippen LogP contribution in [0.5, 0.6) is 0 Å². The molecule has 1 heterocycles. The van der Waals surface area contributed by atoms with Crippen LogP contribution in [0.15, 0.2) is 42.7 Å². The van der Waals surface area contributed by atoms with E-state index in [1.807, 2.05) is 0 Å². The van der Waals surface area contributed by atoms with Gasteiger partial charge in [0.1, 0.15) is 5.82 Å². The quantitative estimate of drug-likeness (QED) is 0.849. The van der Waals surface area contributed by atoms with Crippen LogP contribution in [0.2, 0.25) is 0 Å². The van der Waals surface area contributed by atoms with Gasteiger partial charge in [-0.2, -0.15) is 0 Å². The number of anilines is 1. The maximum Gasteiger partial charge on any atom is 0.257 e. The number of nitrogens with zero attached hydrogens (tertiary/aromatic N) is 1. The third-order valence-corrected chi connectivity index (χ3v) is 2.61. The molecule has 0 saturated carbocycles. The third-order valence-electron chi connectivity index (χ3n) is 2.61. The summed E-state index contributed by atoms with van der Waals surface area (Å²) in [5.74, 6) is 4.46. The maximum absolute atomic E-state index is 13.6. The van der Waals surface area contributed by atoms with Crippen LogP contribution in [0.4, 0.5) is 10.1 Å². The average Bonchev–Trinajstić information content (AvgIpc) is 2.51. The van der Waals surface area contributed by atoms with Crippen molar-refractivity contribution in [2.75, 3.05) is 11.9 Å². The summed E-state index contributed by atoms with van der Waals surface area (Å²) in [4.78, 5) is 15.8. The Bertz CT molecular complexity index is 690. The molecule has 0 spiro atoms. The minimum absolute atomic E-state index is 0.0773. The van der Waals surface area contributed by atoms with Gasteiger partial charge in [0, 0.05) is 24.5 Å². The van der Waals surface area contributed by atoms with Gasteiger partial charge in [-0.25, -0.2) is 4.39 Å². The van der Waals surface area contributed by atoms with Gasteiger partial charge in [0.2, 0.25) is 0 Å². The van der Waals surface area contributed by atoms with E-state index in [4.69, 9.17) is 5.11 Å². The van der Waals surface area contributed by atoms with Crippen LogP contribution in [-0.2, 0) is 0 Å². The number of halogens is 1. The predicted octanol–water partition coefficient (Wildman–Crippen LogP) is 2.21. The molecule has 0 unspecified atom stereocenters. The Kier molecular flexibility index (Phi) is 5.02. The summed E-state index contributed by atoms with van der Waals surface area (Å²) in [6.07, 6.45) is 3.29. The van der Waals surface area contributed by atoms with Crippen molar-refractivity contribution < 1.29 is 14.3 Å². The molecule has 2 rings (SSSR count). The predicted molar refractivity (Wildman–Crippen MR) is 77.2 cm³/mol. The van der Waals surface area contributed by atoms with Crippen molar-refractivity contribution in [1.82, 2.24) is 4.98 Å². The molecule has 0 fully saturated rings. The Balaban J connectivity index is 2.16. The molecular formula is C16H13FN2O2. The highest BCUT2D eigenvalue weighted by molar-refractivity contribution is 6.04. The van der Waals surface area contributed by atoms with E-state index < -0.39 is 5.82 Å². The zero-order valence-electron chi connectivity index (χ0n) is 11.1. The normalized spacial score (nSPS) is 9.62. The van der Waals surface area contributed by atoms with Crippen LogP contribution in [0.3, 0.4) is 0 Å². The van der Waals surface area contributed by atoms with Gasteiger partial charge in [-0.1, -0.05) is 11.8 Å². The highest BCUT2D eigenvalue weighted by Crippen LogP contribution is 2.15. The zero-order valence-corrected chi connectivity index (χ0v) is 11.1. The van der Waals surface area contributed by atoms with Gasteiger partial charge in [0.25, 0.3) is 5.91 Å². The van der Waals surface area contributed by atoms with E-state index in [1.54, 1.807) is 18.3 Å². The second-order valence-electron chi connectivity index (χ2n) is 4.17. The standard InChI is InChI=1S/C16H13FN2O2/c17-15-7-6-14(10-12(15)4-1-2-9-20)19-16(21)13-5-3-8-18-11-13/h3,5-8,10-11,20H,2,9H2,(H,19,21). The first-order valence-corrected chi connectivity index (χ1v) is 6.31. The van der Waals surface area contributed by atoms with Gasteiger partial charge in [-0.3, -0.25) is 9.78 Å². The van der Waals surface area contributed by atoms with E-state index >= 15 is 0 Å². The van der Waals surface area contributed by atoms with Crippen molar-refractivity contribution in [2.45, 2.75) is 6.42 Å². The van der Waals surface area contributed by atoms with Crippen LogP contribution in [0, 0.1) is 17.7 Å². The number of aliphatic hydroxyl groups excluding tert-OH is 1. The zero-order chi connectivity index (χ0) is 15.1. The summed E-state index contributed by atoms with van der Waals surface area (Å²) in [5, 5.41) is 11.3. The van der Waals surface area contributed by atoms with E-state index in [1.165, 1.54) is 24.4 Å². The largest absolute Gasteiger partial charge is 0.395 e. The number of amides is 1. The smallest absolute Gasteiger partial charge is 0.257 e. The molecule has 2 aromatic rings. The summed E-state index contributed by atoms with van der Waals surface area (Å²) in [5.41, 5.74) is 1.03. The minimum atomic E-state index is -0.472. The molecule has 0 aliphatic rings. The van der Waals surface area contributed by atoms with Crippen molar-refractivity contribution in [3.63, 3.8) is 0 Å². The number of hydrogen-bond acceptors (Lipinski definition) is 3. The lowest BCUT2D eigenvalue weighted by atomic mass is 10.1. The van der Waals surface area contributed by atoms with Gasteiger partial charge < -0.3 is 10.4 Å². The second-order valence-corrected chi connectivity index (χ2v) is 4.17. The van der Waals surface area contributed by atoms with Gasteiger partial charge in [0.05, 0.1) is 17.7 Å². The van der Waals surface area contributed by atoms with Crippen LogP contribution >= 0.6 is 0 Å². The first kappa shape index (κ1) is 14.7. The number of carbonyl (C=O) groups is 1. The molecule has 0 radical (unpaired) electrons. The van der Waals surface area contributed by atoms with E-state index in [2.05, 4.69) is 22.1 Å². The van der Waals surface area contributed by atoms with E-state index in [-0.39, 0.29) is 24.5 Å². The Morgan fingerprint density at radius 3 is 2.95 bits per heavy atom. The summed E-state index contributed by atoms with van der Waals surface area (Å²) < 4.78 is 13.6. The van der Waals surface area contributed by atoms with Crippen LogP contribution in [0.1, 0.15) is 22.3 Å². The molecule has 5 heteroatoms. The number of pyridine rings is 1. The molecule has 1 amide bonds. The molecule has 0 saturated heterocycles. The van der Waals surface area contributed by atoms with Crippen molar-refractivity contribution >= 4 is 11.6 Å². The number of benzene rings is 1. The SMILES string of the molecule is O=C(Nc1ccc(F)c(C#CCCO)c1)c1cccnc1. The highest BCUT2D eigenvalue weighted by Gasteiger charge is 2.07. The Morgan fingerprint density at radius 1 is 1.38 bits per heavy atom. The molecule has 0 atom stereocenters. The van der Waals surface area contributed by atoms with Crippen molar-refractivity contribution in [1.29, 1.82) is 0 Å². The summed E-state index contributed by atoms with van der Waals surface area (Å²) in [6.45, 7) is -0.0773. The van der Waals surface area contributed by atoms with Gasteiger partial charge in [-0.05, 0) is 30.3 Å². The molecule has 4 nitrogen and oxygen atoms in total. The van der Waals surface area contributed by atoms with E-state index in [0.29, 0.717) is 11.3 Å². The highest BCUT2D eigenvalue weighted by atomic mass is 19.1. The number of aliphatic hydroxyl groups is 1. The molecule has 1 aromatic heterocycles. The van der Waals surface area contributed by atoms with Gasteiger partial charge in [0.15, 0.2) is 0 Å². The summed E-state index contributed by atoms with van der Waals surface area (Å²) in [7, 11) is 0. The van der Waals surface area contributed by atoms with Crippen molar-refractivity contribution in [2.24, 2.45) is 0 Å². The Hall–Kier alpha value is -2.71. The third kappa shape index (κ3) is 4.13. The number of aromatic nitrogens is 1. The maximum atomic E-state index is 13.6. The summed E-state index contributed by atoms with van der Waals surface area (Å²) in [6, 6.07) is 7.44. The summed E-state index contributed by atoms with van der Waals surface area (Å²) >= 11 is 0. The fourth-order valence-corrected chi connectivity index (χ4v) is 1.61. The van der Waals surface area contributed by atoms with Crippen molar-refractivity contribution in [3.8, 4) is 11.8 Å².